The molecule has 26 heavy (non-hydrogen) atoms. The average molecular weight is 368 g/mol. The van der Waals surface area contributed by atoms with Gasteiger partial charge in [0.1, 0.15) is 5.82 Å². The summed E-state index contributed by atoms with van der Waals surface area (Å²) in [6.07, 6.45) is -2.76. The highest BCUT2D eigenvalue weighted by Crippen LogP contribution is 2.40. The molecule has 3 N–H and O–H groups in total. The zero-order chi connectivity index (χ0) is 18.7. The highest BCUT2D eigenvalue weighted by Gasteiger charge is 2.32. The van der Waals surface area contributed by atoms with Gasteiger partial charge in [0.05, 0.1) is 18.0 Å². The molecule has 0 amide bonds. The molecule has 3 rings (SSSR count). The molecule has 1 aromatic heterocycles. The van der Waals surface area contributed by atoms with Crippen LogP contribution in [0.5, 0.6) is 5.75 Å². The fourth-order valence-electron chi connectivity index (χ4n) is 2.37. The van der Waals surface area contributed by atoms with E-state index in [2.05, 4.69) is 25.3 Å². The molecular formula is C17H19F3N4O2. The molecule has 1 aromatic carbocycles. The van der Waals surface area contributed by atoms with Crippen molar-refractivity contribution in [1.29, 1.82) is 0 Å². The van der Waals surface area contributed by atoms with Gasteiger partial charge in [0, 0.05) is 18.0 Å². The third kappa shape index (κ3) is 4.98. The maximum Gasteiger partial charge on any atom is 0.573 e. The van der Waals surface area contributed by atoms with Crippen molar-refractivity contribution in [1.82, 2.24) is 9.97 Å². The minimum Gasteiger partial charge on any atom is -0.404 e. The van der Waals surface area contributed by atoms with E-state index in [9.17, 15) is 18.3 Å². The smallest absolute Gasteiger partial charge is 0.404 e. The Morgan fingerprint density at radius 2 is 2.00 bits per heavy atom. The van der Waals surface area contributed by atoms with E-state index in [0.29, 0.717) is 17.7 Å². The van der Waals surface area contributed by atoms with Gasteiger partial charge in [-0.3, -0.25) is 0 Å². The van der Waals surface area contributed by atoms with E-state index in [0.717, 1.165) is 18.5 Å². The lowest BCUT2D eigenvalue weighted by Gasteiger charge is -2.16. The summed E-state index contributed by atoms with van der Waals surface area (Å²) < 4.78 is 41.8. The number of benzene rings is 1. The first-order valence-electron chi connectivity index (χ1n) is 8.22. The van der Waals surface area contributed by atoms with E-state index in [1.165, 1.54) is 18.2 Å². The number of aromatic nitrogens is 2. The van der Waals surface area contributed by atoms with Crippen molar-refractivity contribution in [3.63, 3.8) is 0 Å². The number of alkyl halides is 3. The lowest BCUT2D eigenvalue weighted by molar-refractivity contribution is -0.274. The van der Waals surface area contributed by atoms with Crippen LogP contribution in [0.1, 0.15) is 31.4 Å². The summed E-state index contributed by atoms with van der Waals surface area (Å²) in [7, 11) is 0. The van der Waals surface area contributed by atoms with E-state index in [4.69, 9.17) is 0 Å². The van der Waals surface area contributed by atoms with Gasteiger partial charge >= 0.3 is 6.36 Å². The number of para-hydroxylation sites is 2. The third-order valence-electron chi connectivity index (χ3n) is 3.77. The van der Waals surface area contributed by atoms with E-state index in [1.807, 2.05) is 0 Å². The first kappa shape index (κ1) is 18.2. The van der Waals surface area contributed by atoms with Gasteiger partial charge in [0.2, 0.25) is 5.95 Å². The molecule has 9 heteroatoms. The van der Waals surface area contributed by atoms with Crippen LogP contribution in [0.4, 0.5) is 30.6 Å². The minimum absolute atomic E-state index is 0.0952. The summed E-state index contributed by atoms with van der Waals surface area (Å²) in [5.41, 5.74) is 0.954. The fraction of sp³-hybridized carbons (Fsp3) is 0.412. The summed E-state index contributed by atoms with van der Waals surface area (Å²) in [5, 5.41) is 15.0. The van der Waals surface area contributed by atoms with Crippen LogP contribution in [-0.2, 0) is 0 Å². The second-order valence-electron chi connectivity index (χ2n) is 6.17. The van der Waals surface area contributed by atoms with Gasteiger partial charge in [-0.05, 0) is 31.9 Å². The molecule has 0 aliphatic heterocycles. The first-order chi connectivity index (χ1) is 12.3. The Balaban J connectivity index is 1.87. The van der Waals surface area contributed by atoms with Gasteiger partial charge in [-0.15, -0.1) is 13.2 Å². The van der Waals surface area contributed by atoms with Crippen molar-refractivity contribution in [2.24, 2.45) is 0 Å². The van der Waals surface area contributed by atoms with Crippen molar-refractivity contribution in [2.45, 2.75) is 38.1 Å². The molecule has 1 aliphatic rings. The molecule has 0 unspecified atom stereocenters. The predicted molar refractivity (Wildman–Crippen MR) is 90.6 cm³/mol. The number of nitrogens with zero attached hydrogens (tertiary/aromatic N) is 2. The fourth-order valence-corrected chi connectivity index (χ4v) is 2.37. The highest BCUT2D eigenvalue weighted by atomic mass is 19.4. The van der Waals surface area contributed by atoms with Crippen molar-refractivity contribution >= 4 is 17.5 Å². The topological polar surface area (TPSA) is 79.3 Å². The molecule has 6 nitrogen and oxygen atoms in total. The van der Waals surface area contributed by atoms with Crippen LogP contribution < -0.4 is 15.4 Å². The second kappa shape index (κ2) is 7.36. The molecule has 2 aromatic rings. The summed E-state index contributed by atoms with van der Waals surface area (Å²) >= 11 is 0. The molecule has 0 radical (unpaired) electrons. The van der Waals surface area contributed by atoms with Crippen molar-refractivity contribution < 1.29 is 23.0 Å². The van der Waals surface area contributed by atoms with E-state index in [1.54, 1.807) is 19.1 Å². The molecule has 0 spiro atoms. The standard InChI is InChI=1S/C17H19F3N4O2/c1-10(9-25)21-16-23-13(11-6-7-11)8-15(24-16)22-12-4-2-3-5-14(12)26-17(18,19)20/h2-5,8,10-11,25H,6-7,9H2,1H3,(H2,21,22,23,24)/t10-/m0/s1. The van der Waals surface area contributed by atoms with Gasteiger partial charge in [-0.25, -0.2) is 4.98 Å². The predicted octanol–water partition coefficient (Wildman–Crippen LogP) is 3.79. The number of anilines is 3. The van der Waals surface area contributed by atoms with E-state index < -0.39 is 6.36 Å². The molecular weight excluding hydrogens is 349 g/mol. The maximum atomic E-state index is 12.6. The number of aliphatic hydroxyl groups is 1. The Morgan fingerprint density at radius 1 is 1.27 bits per heavy atom. The Hall–Kier alpha value is -2.55. The number of ether oxygens (including phenoxy) is 1. The molecule has 140 valence electrons. The Labute approximate surface area is 148 Å². The van der Waals surface area contributed by atoms with Crippen molar-refractivity contribution in [3.05, 3.63) is 36.0 Å². The zero-order valence-corrected chi connectivity index (χ0v) is 14.0. The van der Waals surface area contributed by atoms with Crippen LogP contribution in [0.3, 0.4) is 0 Å². The number of aliphatic hydroxyl groups excluding tert-OH is 1. The lowest BCUT2D eigenvalue weighted by atomic mass is 10.2. The third-order valence-corrected chi connectivity index (χ3v) is 3.77. The summed E-state index contributed by atoms with van der Waals surface area (Å²) in [5.74, 6) is 0.649. The Morgan fingerprint density at radius 3 is 2.65 bits per heavy atom. The van der Waals surface area contributed by atoms with Crippen LogP contribution in [0.25, 0.3) is 0 Å². The van der Waals surface area contributed by atoms with Crippen LogP contribution in [0, 0.1) is 0 Å². The molecule has 1 atom stereocenters. The number of hydrogen-bond acceptors (Lipinski definition) is 6. The quantitative estimate of drug-likeness (QED) is 0.690. The zero-order valence-electron chi connectivity index (χ0n) is 14.0. The normalized spacial score (nSPS) is 15.4. The van der Waals surface area contributed by atoms with Crippen molar-refractivity contribution in [3.8, 4) is 5.75 Å². The second-order valence-corrected chi connectivity index (χ2v) is 6.17. The summed E-state index contributed by atoms with van der Waals surface area (Å²) in [4.78, 5) is 8.71. The van der Waals surface area contributed by atoms with Gasteiger partial charge in [0.25, 0.3) is 0 Å². The molecule has 1 saturated carbocycles. The molecule has 1 fully saturated rings. The SMILES string of the molecule is C[C@@H](CO)Nc1nc(Nc2ccccc2OC(F)(F)F)cc(C2CC2)n1. The van der Waals surface area contributed by atoms with Crippen LogP contribution in [0.2, 0.25) is 0 Å². The number of halogens is 3. The largest absolute Gasteiger partial charge is 0.573 e. The molecule has 1 heterocycles. The van der Waals surface area contributed by atoms with E-state index in [-0.39, 0.29) is 24.1 Å². The lowest BCUT2D eigenvalue weighted by Crippen LogP contribution is -2.21. The first-order valence-corrected chi connectivity index (χ1v) is 8.22. The monoisotopic (exact) mass is 368 g/mol. The van der Waals surface area contributed by atoms with Gasteiger partial charge in [-0.2, -0.15) is 4.98 Å². The van der Waals surface area contributed by atoms with Crippen LogP contribution in [0.15, 0.2) is 30.3 Å². The highest BCUT2D eigenvalue weighted by molar-refractivity contribution is 5.65. The summed E-state index contributed by atoms with van der Waals surface area (Å²) in [6.45, 7) is 1.68. The van der Waals surface area contributed by atoms with Gasteiger partial charge < -0.3 is 20.5 Å². The average Bonchev–Trinajstić information content (AvgIpc) is 3.40. The Kier molecular flexibility index (Phi) is 5.17. The van der Waals surface area contributed by atoms with E-state index >= 15 is 0 Å². The maximum absolute atomic E-state index is 12.6. The van der Waals surface area contributed by atoms with Crippen molar-refractivity contribution in [2.75, 3.05) is 17.2 Å². The molecule has 0 saturated heterocycles. The molecule has 0 bridgehead atoms. The van der Waals surface area contributed by atoms with Crippen LogP contribution in [-0.4, -0.2) is 34.1 Å². The minimum atomic E-state index is -4.79. The number of hydrogen-bond donors (Lipinski definition) is 3. The van der Waals surface area contributed by atoms with Gasteiger partial charge in [-0.1, -0.05) is 12.1 Å². The van der Waals surface area contributed by atoms with Crippen LogP contribution >= 0.6 is 0 Å². The number of nitrogens with one attached hydrogen (secondary N) is 2. The van der Waals surface area contributed by atoms with Gasteiger partial charge in [0.15, 0.2) is 5.75 Å². The Bertz CT molecular complexity index is 766. The summed E-state index contributed by atoms with van der Waals surface area (Å²) in [6, 6.07) is 7.23. The molecule has 1 aliphatic carbocycles. The number of rotatable bonds is 7.